The monoisotopic (exact) mass is 394 g/mol. The number of rotatable bonds is 11. The third-order valence-corrected chi connectivity index (χ3v) is 4.05. The summed E-state index contributed by atoms with van der Waals surface area (Å²) in [4.78, 5) is 22.9. The Bertz CT molecular complexity index is 455. The van der Waals surface area contributed by atoms with Gasteiger partial charge in [0.15, 0.2) is 12.4 Å². The standard InChI is InChI=1S/C17H30O10/c1-3-4-5-6-13(20)26-11(8-24-10(2)19)9-25-17-16(23)15(22)14(21)12(7-18)27-17/h11-12,14-18,21-23H,3-9H2,1-2H3/t11-,12-,14+,15+,16-,17-/m1/s1. The molecule has 1 fully saturated rings. The summed E-state index contributed by atoms with van der Waals surface area (Å²) in [6.45, 7) is 2.09. The quantitative estimate of drug-likeness (QED) is 0.250. The Morgan fingerprint density at radius 1 is 1.07 bits per heavy atom. The summed E-state index contributed by atoms with van der Waals surface area (Å²) >= 11 is 0. The smallest absolute Gasteiger partial charge is 0.306 e. The second kappa shape index (κ2) is 12.2. The van der Waals surface area contributed by atoms with Crippen LogP contribution in [0, 0.1) is 0 Å². The van der Waals surface area contributed by atoms with E-state index in [0.29, 0.717) is 6.42 Å². The van der Waals surface area contributed by atoms with Gasteiger partial charge < -0.3 is 39.4 Å². The number of carbonyl (C=O) groups excluding carboxylic acids is 2. The second-order valence-electron chi connectivity index (χ2n) is 6.40. The predicted octanol–water partition coefficient (Wildman–Crippen LogP) is -1.14. The number of carbonyl (C=O) groups is 2. The lowest BCUT2D eigenvalue weighted by Crippen LogP contribution is -2.59. The Labute approximate surface area is 158 Å². The van der Waals surface area contributed by atoms with Gasteiger partial charge in [0.1, 0.15) is 31.0 Å². The molecule has 0 aromatic heterocycles. The van der Waals surface area contributed by atoms with Crippen molar-refractivity contribution in [3.8, 4) is 0 Å². The maximum absolute atomic E-state index is 11.9. The van der Waals surface area contributed by atoms with E-state index in [0.717, 1.165) is 12.8 Å². The first kappa shape index (κ1) is 23.7. The minimum Gasteiger partial charge on any atom is -0.462 e. The van der Waals surface area contributed by atoms with Gasteiger partial charge in [0.05, 0.1) is 13.2 Å². The summed E-state index contributed by atoms with van der Waals surface area (Å²) in [7, 11) is 0. The fourth-order valence-corrected chi connectivity index (χ4v) is 2.50. The molecule has 10 nitrogen and oxygen atoms in total. The zero-order valence-corrected chi connectivity index (χ0v) is 15.7. The highest BCUT2D eigenvalue weighted by molar-refractivity contribution is 5.69. The third-order valence-electron chi connectivity index (χ3n) is 4.05. The minimum atomic E-state index is -1.58. The molecule has 1 saturated heterocycles. The predicted molar refractivity (Wildman–Crippen MR) is 90.4 cm³/mol. The summed E-state index contributed by atoms with van der Waals surface area (Å²) in [5, 5.41) is 38.6. The van der Waals surface area contributed by atoms with Crippen LogP contribution in [0.15, 0.2) is 0 Å². The highest BCUT2D eigenvalue weighted by Crippen LogP contribution is 2.22. The van der Waals surface area contributed by atoms with Crippen LogP contribution < -0.4 is 0 Å². The first-order valence-corrected chi connectivity index (χ1v) is 9.05. The zero-order valence-electron chi connectivity index (χ0n) is 15.7. The molecule has 0 bridgehead atoms. The molecule has 0 aliphatic carbocycles. The summed E-state index contributed by atoms with van der Waals surface area (Å²) in [5.41, 5.74) is 0. The van der Waals surface area contributed by atoms with Crippen molar-refractivity contribution in [1.82, 2.24) is 0 Å². The molecular weight excluding hydrogens is 364 g/mol. The van der Waals surface area contributed by atoms with E-state index >= 15 is 0 Å². The number of hydrogen-bond acceptors (Lipinski definition) is 10. The fraction of sp³-hybridized carbons (Fsp3) is 0.882. The molecule has 1 aliphatic rings. The van der Waals surface area contributed by atoms with Crippen LogP contribution >= 0.6 is 0 Å². The van der Waals surface area contributed by atoms with Gasteiger partial charge in [-0.05, 0) is 6.42 Å². The second-order valence-corrected chi connectivity index (χ2v) is 6.40. The lowest BCUT2D eigenvalue weighted by molar-refractivity contribution is -0.305. The number of esters is 2. The van der Waals surface area contributed by atoms with Crippen molar-refractivity contribution < 1.29 is 49.0 Å². The van der Waals surface area contributed by atoms with E-state index < -0.39 is 55.4 Å². The van der Waals surface area contributed by atoms with Gasteiger partial charge in [-0.2, -0.15) is 0 Å². The molecule has 1 rings (SSSR count). The van der Waals surface area contributed by atoms with Gasteiger partial charge in [0, 0.05) is 13.3 Å². The molecule has 0 unspecified atom stereocenters. The maximum Gasteiger partial charge on any atom is 0.306 e. The maximum atomic E-state index is 11.9. The van der Waals surface area contributed by atoms with Crippen LogP contribution in [0.25, 0.3) is 0 Å². The van der Waals surface area contributed by atoms with Crippen LogP contribution in [-0.4, -0.2) is 89.0 Å². The topological polar surface area (TPSA) is 152 Å². The van der Waals surface area contributed by atoms with Gasteiger partial charge in [-0.3, -0.25) is 9.59 Å². The van der Waals surface area contributed by atoms with Gasteiger partial charge in [0.2, 0.25) is 0 Å². The van der Waals surface area contributed by atoms with Crippen molar-refractivity contribution in [1.29, 1.82) is 0 Å². The lowest BCUT2D eigenvalue weighted by Gasteiger charge is -2.39. The Kier molecular flexibility index (Phi) is 10.7. The Morgan fingerprint density at radius 2 is 1.78 bits per heavy atom. The van der Waals surface area contributed by atoms with Crippen molar-refractivity contribution in [2.45, 2.75) is 76.3 Å². The molecule has 1 heterocycles. The number of aliphatic hydroxyl groups is 4. The first-order chi connectivity index (χ1) is 12.8. The molecule has 27 heavy (non-hydrogen) atoms. The molecule has 0 amide bonds. The average Bonchev–Trinajstić information content (AvgIpc) is 2.63. The summed E-state index contributed by atoms with van der Waals surface area (Å²) in [5.74, 6) is -1.03. The number of aliphatic hydroxyl groups excluding tert-OH is 4. The van der Waals surface area contributed by atoms with Crippen molar-refractivity contribution >= 4 is 11.9 Å². The molecule has 1 aliphatic heterocycles. The molecular formula is C17H30O10. The minimum absolute atomic E-state index is 0.213. The summed E-state index contributed by atoms with van der Waals surface area (Å²) < 4.78 is 20.6. The van der Waals surface area contributed by atoms with E-state index in [1.807, 2.05) is 6.92 Å². The van der Waals surface area contributed by atoms with Gasteiger partial charge in [-0.1, -0.05) is 19.8 Å². The SMILES string of the molecule is CCCCCC(=O)O[C@H](COC(C)=O)CO[C@@H]1O[C@H](CO)[C@H](O)[C@H](O)[C@H]1O. The summed E-state index contributed by atoms with van der Waals surface area (Å²) in [6.07, 6.45) is -5.35. The average molecular weight is 394 g/mol. The number of ether oxygens (including phenoxy) is 4. The van der Waals surface area contributed by atoms with E-state index in [9.17, 15) is 24.9 Å². The van der Waals surface area contributed by atoms with E-state index in [1.54, 1.807) is 0 Å². The van der Waals surface area contributed by atoms with Gasteiger partial charge >= 0.3 is 11.9 Å². The highest BCUT2D eigenvalue weighted by atomic mass is 16.7. The van der Waals surface area contributed by atoms with Crippen molar-refractivity contribution in [3.63, 3.8) is 0 Å². The number of hydrogen-bond donors (Lipinski definition) is 4. The first-order valence-electron chi connectivity index (χ1n) is 9.05. The zero-order chi connectivity index (χ0) is 20.4. The van der Waals surface area contributed by atoms with Gasteiger partial charge in [-0.25, -0.2) is 0 Å². The van der Waals surface area contributed by atoms with Crippen LogP contribution in [0.4, 0.5) is 0 Å². The van der Waals surface area contributed by atoms with Gasteiger partial charge in [-0.15, -0.1) is 0 Å². The largest absolute Gasteiger partial charge is 0.462 e. The highest BCUT2D eigenvalue weighted by Gasteiger charge is 2.44. The van der Waals surface area contributed by atoms with E-state index in [4.69, 9.17) is 24.1 Å². The van der Waals surface area contributed by atoms with Crippen molar-refractivity contribution in [2.24, 2.45) is 0 Å². The Hall–Kier alpha value is -1.30. The van der Waals surface area contributed by atoms with Gasteiger partial charge in [0.25, 0.3) is 0 Å². The molecule has 0 saturated carbocycles. The molecule has 10 heteroatoms. The Morgan fingerprint density at radius 3 is 2.37 bits per heavy atom. The molecule has 0 aromatic carbocycles. The molecule has 158 valence electrons. The molecule has 0 radical (unpaired) electrons. The molecule has 4 N–H and O–H groups in total. The van der Waals surface area contributed by atoms with E-state index in [2.05, 4.69) is 0 Å². The normalized spacial score (nSPS) is 29.2. The van der Waals surface area contributed by atoms with Crippen LogP contribution in [0.1, 0.15) is 39.5 Å². The fourth-order valence-electron chi connectivity index (χ4n) is 2.50. The van der Waals surface area contributed by atoms with Crippen LogP contribution in [0.2, 0.25) is 0 Å². The third kappa shape index (κ3) is 8.08. The number of unbranched alkanes of at least 4 members (excludes halogenated alkanes) is 2. The van der Waals surface area contributed by atoms with Crippen LogP contribution in [0.3, 0.4) is 0 Å². The van der Waals surface area contributed by atoms with E-state index in [1.165, 1.54) is 6.92 Å². The summed E-state index contributed by atoms with van der Waals surface area (Å²) in [6, 6.07) is 0. The van der Waals surface area contributed by atoms with E-state index in [-0.39, 0.29) is 19.6 Å². The molecule has 0 spiro atoms. The van der Waals surface area contributed by atoms with Crippen LogP contribution in [0.5, 0.6) is 0 Å². The molecule has 0 aromatic rings. The molecule has 6 atom stereocenters. The van der Waals surface area contributed by atoms with Crippen molar-refractivity contribution in [3.05, 3.63) is 0 Å². The lowest BCUT2D eigenvalue weighted by atomic mass is 9.99. The van der Waals surface area contributed by atoms with Crippen LogP contribution in [-0.2, 0) is 28.5 Å². The van der Waals surface area contributed by atoms with Crippen molar-refractivity contribution in [2.75, 3.05) is 19.8 Å². The Balaban J connectivity index is 2.60.